The molecule has 8 nitrogen and oxygen atoms in total. The molecule has 0 spiro atoms. The minimum Gasteiger partial charge on any atom is -0.336 e. The lowest BCUT2D eigenvalue weighted by Gasteiger charge is -2.17. The van der Waals surface area contributed by atoms with Gasteiger partial charge in [0.2, 0.25) is 0 Å². The molecule has 1 unspecified atom stereocenters. The summed E-state index contributed by atoms with van der Waals surface area (Å²) in [6.07, 6.45) is 7.50. The maximum absolute atomic E-state index is 12.0. The van der Waals surface area contributed by atoms with E-state index in [2.05, 4.69) is 25.9 Å². The van der Waals surface area contributed by atoms with Crippen LogP contribution in [0.4, 0.5) is 10.6 Å². The van der Waals surface area contributed by atoms with Crippen molar-refractivity contribution in [3.05, 3.63) is 24.4 Å². The van der Waals surface area contributed by atoms with Crippen LogP contribution >= 0.6 is 0 Å². The zero-order valence-corrected chi connectivity index (χ0v) is 11.4. The third-order valence-electron chi connectivity index (χ3n) is 3.36. The number of hydrogen-bond acceptors (Lipinski definition) is 4. The number of aryl methyl sites for hydroxylation is 2. The third-order valence-corrected chi connectivity index (χ3v) is 3.36. The van der Waals surface area contributed by atoms with Gasteiger partial charge >= 0.3 is 6.03 Å². The summed E-state index contributed by atoms with van der Waals surface area (Å²) >= 11 is 0. The van der Waals surface area contributed by atoms with Gasteiger partial charge in [0.1, 0.15) is 5.82 Å². The lowest BCUT2D eigenvalue weighted by atomic mass is 10.2. The number of aromatic nitrogens is 5. The number of hydrogen-bond donors (Lipinski definition) is 2. The normalized spacial score (nSPS) is 15.9. The highest BCUT2D eigenvalue weighted by Crippen LogP contribution is 2.40. The molecule has 20 heavy (non-hydrogen) atoms. The summed E-state index contributed by atoms with van der Waals surface area (Å²) in [6, 6.07) is -0.350. The summed E-state index contributed by atoms with van der Waals surface area (Å²) in [5.74, 6) is 1.77. The molecule has 2 amide bonds. The Balaban J connectivity index is 1.68. The van der Waals surface area contributed by atoms with Crippen LogP contribution in [0.5, 0.6) is 0 Å². The predicted molar refractivity (Wildman–Crippen MR) is 71.8 cm³/mol. The second-order valence-electron chi connectivity index (χ2n) is 5.09. The van der Waals surface area contributed by atoms with Crippen LogP contribution in [0.3, 0.4) is 0 Å². The van der Waals surface area contributed by atoms with Crippen LogP contribution in [-0.2, 0) is 14.1 Å². The van der Waals surface area contributed by atoms with Crippen LogP contribution in [0.1, 0.15) is 24.7 Å². The lowest BCUT2D eigenvalue weighted by Crippen LogP contribution is -2.35. The maximum atomic E-state index is 12.0. The van der Waals surface area contributed by atoms with Crippen molar-refractivity contribution in [2.75, 3.05) is 5.32 Å². The van der Waals surface area contributed by atoms with E-state index in [4.69, 9.17) is 0 Å². The molecule has 1 aliphatic carbocycles. The quantitative estimate of drug-likeness (QED) is 0.864. The molecule has 3 rings (SSSR count). The molecule has 2 N–H and O–H groups in total. The Hall–Kier alpha value is -2.38. The van der Waals surface area contributed by atoms with Crippen LogP contribution in [0.15, 0.2) is 18.6 Å². The van der Waals surface area contributed by atoms with Crippen molar-refractivity contribution in [2.45, 2.75) is 18.9 Å². The van der Waals surface area contributed by atoms with Crippen molar-refractivity contribution < 1.29 is 4.79 Å². The van der Waals surface area contributed by atoms with Gasteiger partial charge in [0.25, 0.3) is 0 Å². The largest absolute Gasteiger partial charge is 0.336 e. The Morgan fingerprint density at radius 1 is 1.45 bits per heavy atom. The molecule has 0 aliphatic heterocycles. The van der Waals surface area contributed by atoms with Gasteiger partial charge in [0, 0.05) is 26.5 Å². The van der Waals surface area contributed by atoms with E-state index < -0.39 is 0 Å². The van der Waals surface area contributed by atoms with E-state index in [9.17, 15) is 4.79 Å². The zero-order chi connectivity index (χ0) is 14.1. The van der Waals surface area contributed by atoms with Crippen LogP contribution in [0.2, 0.25) is 0 Å². The van der Waals surface area contributed by atoms with Gasteiger partial charge in [0.05, 0.1) is 12.2 Å². The first-order valence-corrected chi connectivity index (χ1v) is 6.54. The monoisotopic (exact) mass is 275 g/mol. The molecule has 0 radical (unpaired) electrons. The number of carbonyl (C=O) groups is 1. The molecule has 1 saturated carbocycles. The molecule has 2 aromatic rings. The van der Waals surface area contributed by atoms with Crippen molar-refractivity contribution >= 4 is 11.8 Å². The van der Waals surface area contributed by atoms with E-state index in [0.29, 0.717) is 11.7 Å². The number of carbonyl (C=O) groups excluding carboxylic acids is 1. The smallest absolute Gasteiger partial charge is 0.321 e. The van der Waals surface area contributed by atoms with Crippen molar-refractivity contribution in [1.29, 1.82) is 0 Å². The highest BCUT2D eigenvalue weighted by atomic mass is 16.2. The Morgan fingerprint density at radius 2 is 2.25 bits per heavy atom. The van der Waals surface area contributed by atoms with E-state index in [1.54, 1.807) is 19.4 Å². The summed E-state index contributed by atoms with van der Waals surface area (Å²) in [4.78, 5) is 16.4. The number of anilines is 1. The van der Waals surface area contributed by atoms with Gasteiger partial charge in [-0.15, -0.1) is 5.10 Å². The fourth-order valence-corrected chi connectivity index (χ4v) is 2.20. The summed E-state index contributed by atoms with van der Waals surface area (Å²) in [6.45, 7) is 0. The molecular formula is C12H17N7O. The number of rotatable bonds is 4. The minimum absolute atomic E-state index is 0.0633. The van der Waals surface area contributed by atoms with Gasteiger partial charge in [-0.25, -0.2) is 9.78 Å². The molecule has 0 aromatic carbocycles. The first kappa shape index (κ1) is 12.6. The highest BCUT2D eigenvalue weighted by molar-refractivity contribution is 5.88. The summed E-state index contributed by atoms with van der Waals surface area (Å²) in [5, 5.41) is 13.2. The molecule has 1 atom stereocenters. The fraction of sp³-hybridized carbons (Fsp3) is 0.500. The number of nitrogens with one attached hydrogen (secondary N) is 2. The molecule has 2 aromatic heterocycles. The average molecular weight is 275 g/mol. The van der Waals surface area contributed by atoms with E-state index in [1.807, 2.05) is 17.8 Å². The van der Waals surface area contributed by atoms with Crippen molar-refractivity contribution in [3.8, 4) is 0 Å². The van der Waals surface area contributed by atoms with Crippen molar-refractivity contribution in [1.82, 2.24) is 29.9 Å². The topological polar surface area (TPSA) is 89.7 Å². The minimum atomic E-state index is -0.287. The van der Waals surface area contributed by atoms with Crippen LogP contribution in [0, 0.1) is 5.92 Å². The second-order valence-corrected chi connectivity index (χ2v) is 5.09. The lowest BCUT2D eigenvalue weighted by molar-refractivity contribution is 0.246. The van der Waals surface area contributed by atoms with Crippen molar-refractivity contribution in [2.24, 2.45) is 20.0 Å². The van der Waals surface area contributed by atoms with Crippen LogP contribution in [0.25, 0.3) is 0 Å². The van der Waals surface area contributed by atoms with Gasteiger partial charge < -0.3 is 9.88 Å². The van der Waals surface area contributed by atoms with E-state index in [1.165, 1.54) is 4.68 Å². The molecule has 2 heterocycles. The first-order valence-electron chi connectivity index (χ1n) is 6.54. The number of imidazole rings is 1. The van der Waals surface area contributed by atoms with Gasteiger partial charge in [-0.05, 0) is 18.8 Å². The molecule has 1 fully saturated rings. The zero-order valence-electron chi connectivity index (χ0n) is 11.4. The second kappa shape index (κ2) is 4.95. The molecule has 1 aliphatic rings. The van der Waals surface area contributed by atoms with Gasteiger partial charge in [-0.3, -0.25) is 10.00 Å². The van der Waals surface area contributed by atoms with E-state index in [-0.39, 0.29) is 12.1 Å². The van der Waals surface area contributed by atoms with Crippen molar-refractivity contribution in [3.63, 3.8) is 0 Å². The van der Waals surface area contributed by atoms with Gasteiger partial charge in [0.15, 0.2) is 5.82 Å². The van der Waals surface area contributed by atoms with Crippen LogP contribution < -0.4 is 10.6 Å². The summed E-state index contributed by atoms with van der Waals surface area (Å²) < 4.78 is 3.47. The van der Waals surface area contributed by atoms with Crippen LogP contribution in [-0.4, -0.2) is 30.6 Å². The Kier molecular flexibility index (Phi) is 3.13. The molecule has 0 bridgehead atoms. The number of urea groups is 1. The molecule has 106 valence electrons. The van der Waals surface area contributed by atoms with E-state index in [0.717, 1.165) is 18.7 Å². The van der Waals surface area contributed by atoms with E-state index >= 15 is 0 Å². The molecular weight excluding hydrogens is 258 g/mol. The Morgan fingerprint density at radius 3 is 2.80 bits per heavy atom. The van der Waals surface area contributed by atoms with Gasteiger partial charge in [-0.1, -0.05) is 5.21 Å². The molecule has 8 heteroatoms. The average Bonchev–Trinajstić information content (AvgIpc) is 3.04. The predicted octanol–water partition coefficient (Wildman–Crippen LogP) is 0.821. The maximum Gasteiger partial charge on any atom is 0.321 e. The number of nitrogens with zero attached hydrogens (tertiary/aromatic N) is 5. The number of amides is 2. The first-order chi connectivity index (χ1) is 9.63. The summed E-state index contributed by atoms with van der Waals surface area (Å²) in [7, 11) is 3.68. The summed E-state index contributed by atoms with van der Waals surface area (Å²) in [5.41, 5.74) is 0. The fourth-order valence-electron chi connectivity index (χ4n) is 2.20. The SMILES string of the molecule is Cn1cc(NC(=O)NC(c2nccn2C)C2CC2)nn1. The third kappa shape index (κ3) is 2.63. The molecule has 0 saturated heterocycles. The highest BCUT2D eigenvalue weighted by Gasteiger charge is 2.35. The van der Waals surface area contributed by atoms with Gasteiger partial charge in [-0.2, -0.15) is 0 Å². The standard InChI is InChI=1S/C12H17N7O/c1-18-6-5-13-11(18)10(8-3-4-8)15-12(20)14-9-7-19(2)17-16-9/h5-8,10H,3-4H2,1-2H3,(H2,14,15,20). The Bertz CT molecular complexity index is 613. The Labute approximate surface area is 116 Å².